The van der Waals surface area contributed by atoms with Gasteiger partial charge in [0, 0.05) is 44.6 Å². The van der Waals surface area contributed by atoms with Gasteiger partial charge in [0.2, 0.25) is 5.91 Å². The van der Waals surface area contributed by atoms with Crippen LogP contribution in [0.2, 0.25) is 0 Å². The zero-order valence-electron chi connectivity index (χ0n) is 19.8. The lowest BCUT2D eigenvalue weighted by Gasteiger charge is -2.38. The van der Waals surface area contributed by atoms with E-state index >= 15 is 0 Å². The molecule has 6 nitrogen and oxygen atoms in total. The van der Waals surface area contributed by atoms with Crippen LogP contribution < -0.4 is 15.4 Å². The number of rotatable bonds is 6. The molecular formula is C26H35IN4O2. The number of hydrogen-bond acceptors (Lipinski definition) is 3. The van der Waals surface area contributed by atoms with Crippen molar-refractivity contribution in [2.75, 3.05) is 13.1 Å². The summed E-state index contributed by atoms with van der Waals surface area (Å²) in [6, 6.07) is 16.6. The molecule has 1 unspecified atom stereocenters. The third-order valence-electron chi connectivity index (χ3n) is 6.04. The van der Waals surface area contributed by atoms with Gasteiger partial charge in [-0.25, -0.2) is 0 Å². The van der Waals surface area contributed by atoms with Crippen LogP contribution in [0, 0.1) is 0 Å². The van der Waals surface area contributed by atoms with Gasteiger partial charge in [-0.2, -0.15) is 0 Å². The van der Waals surface area contributed by atoms with Gasteiger partial charge < -0.3 is 20.3 Å². The first-order valence-electron chi connectivity index (χ1n) is 11.6. The molecule has 33 heavy (non-hydrogen) atoms. The predicted molar refractivity (Wildman–Crippen MR) is 143 cm³/mol. The summed E-state index contributed by atoms with van der Waals surface area (Å²) in [5.41, 5.74) is 3.43. The van der Waals surface area contributed by atoms with Gasteiger partial charge in [0.05, 0.1) is 6.04 Å². The Labute approximate surface area is 214 Å². The Morgan fingerprint density at radius 1 is 1.12 bits per heavy atom. The lowest BCUT2D eigenvalue weighted by Crippen LogP contribution is -2.45. The second-order valence-electron chi connectivity index (χ2n) is 9.18. The van der Waals surface area contributed by atoms with Crippen LogP contribution >= 0.6 is 24.0 Å². The van der Waals surface area contributed by atoms with E-state index in [0.717, 1.165) is 49.7 Å². The average molecular weight is 562 g/mol. The molecule has 0 saturated heterocycles. The van der Waals surface area contributed by atoms with E-state index in [1.54, 1.807) is 0 Å². The second kappa shape index (κ2) is 11.2. The largest absolute Gasteiger partial charge is 0.487 e. The third kappa shape index (κ3) is 6.40. The maximum Gasteiger partial charge on any atom is 0.223 e. The van der Waals surface area contributed by atoms with Gasteiger partial charge in [-0.05, 0) is 44.4 Å². The van der Waals surface area contributed by atoms with Gasteiger partial charge in [-0.3, -0.25) is 9.79 Å². The van der Waals surface area contributed by atoms with Gasteiger partial charge in [-0.15, -0.1) is 24.0 Å². The standard InChI is InChI=1S/C26H34N4O2.HI/c1-4-27-25(29-22-16-26(2,3)32-23-13-8-7-12-21(22)23)28-15-9-14-24(31)30-17-19-10-5-6-11-20(19)18-30;/h5-8,10-13,22H,4,9,14-18H2,1-3H3,(H2,27,28,29);1H. The van der Waals surface area contributed by atoms with Crippen molar-refractivity contribution < 1.29 is 9.53 Å². The quantitative estimate of drug-likeness (QED) is 0.230. The molecule has 0 aromatic heterocycles. The maximum absolute atomic E-state index is 12.6. The van der Waals surface area contributed by atoms with Gasteiger partial charge in [0.15, 0.2) is 5.96 Å². The van der Waals surface area contributed by atoms with Crippen LogP contribution in [0.25, 0.3) is 0 Å². The van der Waals surface area contributed by atoms with Crippen molar-refractivity contribution in [2.24, 2.45) is 4.99 Å². The summed E-state index contributed by atoms with van der Waals surface area (Å²) in [5.74, 6) is 1.91. The fraction of sp³-hybridized carbons (Fsp3) is 0.462. The molecule has 0 saturated carbocycles. The fourth-order valence-corrected chi connectivity index (χ4v) is 4.50. The molecule has 1 atom stereocenters. The fourth-order valence-electron chi connectivity index (χ4n) is 4.50. The van der Waals surface area contributed by atoms with Crippen LogP contribution in [0.5, 0.6) is 5.75 Å². The molecule has 2 aliphatic rings. The van der Waals surface area contributed by atoms with Gasteiger partial charge in [-0.1, -0.05) is 42.5 Å². The Hall–Kier alpha value is -2.29. The number of guanidine groups is 1. The number of ether oxygens (including phenoxy) is 1. The van der Waals surface area contributed by atoms with Crippen LogP contribution in [0.4, 0.5) is 0 Å². The van der Waals surface area contributed by atoms with Crippen molar-refractivity contribution in [1.29, 1.82) is 0 Å². The van der Waals surface area contributed by atoms with E-state index in [4.69, 9.17) is 9.73 Å². The number of benzene rings is 2. The summed E-state index contributed by atoms with van der Waals surface area (Å²) in [4.78, 5) is 19.3. The molecule has 1 amide bonds. The number of halogens is 1. The van der Waals surface area contributed by atoms with E-state index in [-0.39, 0.29) is 41.5 Å². The van der Waals surface area contributed by atoms with E-state index in [0.29, 0.717) is 13.0 Å². The number of para-hydroxylation sites is 1. The van der Waals surface area contributed by atoms with E-state index in [9.17, 15) is 4.79 Å². The van der Waals surface area contributed by atoms with E-state index in [1.807, 2.05) is 35.2 Å². The summed E-state index contributed by atoms with van der Waals surface area (Å²) in [6.07, 6.45) is 2.10. The molecular weight excluding hydrogens is 527 g/mol. The van der Waals surface area contributed by atoms with Crippen LogP contribution in [-0.2, 0) is 17.9 Å². The van der Waals surface area contributed by atoms with E-state index in [2.05, 4.69) is 49.6 Å². The summed E-state index contributed by atoms with van der Waals surface area (Å²) in [6.45, 7) is 9.13. The minimum absolute atomic E-state index is 0. The third-order valence-corrected chi connectivity index (χ3v) is 6.04. The summed E-state index contributed by atoms with van der Waals surface area (Å²) in [5, 5.41) is 6.93. The molecule has 2 aromatic carbocycles. The lowest BCUT2D eigenvalue weighted by molar-refractivity contribution is -0.131. The molecule has 7 heteroatoms. The molecule has 2 N–H and O–H groups in total. The summed E-state index contributed by atoms with van der Waals surface area (Å²) < 4.78 is 6.15. The SMILES string of the molecule is CCNC(=NCCCC(=O)N1Cc2ccccc2C1)NC1CC(C)(C)Oc2ccccc21.I. The van der Waals surface area contributed by atoms with Crippen LogP contribution in [0.3, 0.4) is 0 Å². The Morgan fingerprint density at radius 3 is 2.48 bits per heavy atom. The summed E-state index contributed by atoms with van der Waals surface area (Å²) in [7, 11) is 0. The van der Waals surface area contributed by atoms with E-state index < -0.39 is 0 Å². The minimum Gasteiger partial charge on any atom is -0.487 e. The molecule has 0 aliphatic carbocycles. The highest BCUT2D eigenvalue weighted by Crippen LogP contribution is 2.39. The Bertz CT molecular complexity index is 967. The zero-order chi connectivity index (χ0) is 22.6. The molecule has 0 bridgehead atoms. The molecule has 0 radical (unpaired) electrons. The molecule has 4 rings (SSSR count). The first-order chi connectivity index (χ1) is 15.4. The van der Waals surface area contributed by atoms with Crippen molar-refractivity contribution in [3.05, 3.63) is 65.2 Å². The smallest absolute Gasteiger partial charge is 0.223 e. The average Bonchev–Trinajstić information content (AvgIpc) is 3.20. The topological polar surface area (TPSA) is 66.0 Å². The normalized spacial score (nSPS) is 18.5. The monoisotopic (exact) mass is 562 g/mol. The molecule has 178 valence electrons. The Morgan fingerprint density at radius 2 is 1.79 bits per heavy atom. The van der Waals surface area contributed by atoms with Crippen LogP contribution in [0.1, 0.15) is 62.8 Å². The molecule has 2 aliphatic heterocycles. The number of nitrogens with zero attached hydrogens (tertiary/aromatic N) is 2. The minimum atomic E-state index is -0.247. The number of carbonyl (C=O) groups excluding carboxylic acids is 1. The number of fused-ring (bicyclic) bond motifs is 2. The van der Waals surface area contributed by atoms with Crippen molar-refractivity contribution in [1.82, 2.24) is 15.5 Å². The number of aliphatic imine (C=N–C) groups is 1. The number of hydrogen-bond donors (Lipinski definition) is 2. The highest BCUT2D eigenvalue weighted by molar-refractivity contribution is 14.0. The Balaban J connectivity index is 0.00000306. The van der Waals surface area contributed by atoms with E-state index in [1.165, 1.54) is 11.1 Å². The molecule has 2 heterocycles. The van der Waals surface area contributed by atoms with Crippen LogP contribution in [0.15, 0.2) is 53.5 Å². The van der Waals surface area contributed by atoms with Crippen molar-refractivity contribution in [3.8, 4) is 5.75 Å². The molecule has 0 fully saturated rings. The maximum atomic E-state index is 12.6. The van der Waals surface area contributed by atoms with Crippen LogP contribution in [-0.4, -0.2) is 35.5 Å². The first-order valence-corrected chi connectivity index (χ1v) is 11.6. The number of nitrogens with one attached hydrogen (secondary N) is 2. The zero-order valence-corrected chi connectivity index (χ0v) is 22.1. The van der Waals surface area contributed by atoms with Gasteiger partial charge >= 0.3 is 0 Å². The second-order valence-corrected chi connectivity index (χ2v) is 9.18. The number of amides is 1. The molecule has 2 aromatic rings. The highest BCUT2D eigenvalue weighted by Gasteiger charge is 2.34. The first kappa shape index (κ1) is 25.3. The predicted octanol–water partition coefficient (Wildman–Crippen LogP) is 4.78. The summed E-state index contributed by atoms with van der Waals surface area (Å²) >= 11 is 0. The number of carbonyl (C=O) groups is 1. The Kier molecular flexibility index (Phi) is 8.62. The van der Waals surface area contributed by atoms with Crippen molar-refractivity contribution in [3.63, 3.8) is 0 Å². The van der Waals surface area contributed by atoms with Gasteiger partial charge in [0.25, 0.3) is 0 Å². The lowest BCUT2D eigenvalue weighted by atomic mass is 9.90. The van der Waals surface area contributed by atoms with Crippen molar-refractivity contribution >= 4 is 35.8 Å². The van der Waals surface area contributed by atoms with Gasteiger partial charge in [0.1, 0.15) is 11.4 Å². The molecule has 0 spiro atoms. The van der Waals surface area contributed by atoms with Crippen molar-refractivity contribution in [2.45, 2.75) is 64.8 Å². The highest BCUT2D eigenvalue weighted by atomic mass is 127.